The van der Waals surface area contributed by atoms with E-state index in [4.69, 9.17) is 0 Å². The van der Waals surface area contributed by atoms with Crippen LogP contribution in [0.3, 0.4) is 0 Å². The second-order valence-electron chi connectivity index (χ2n) is 4.20. The number of carbonyl (C=O) groups is 1. The molecule has 19 heavy (non-hydrogen) atoms. The Morgan fingerprint density at radius 1 is 1.37 bits per heavy atom. The molecule has 1 N–H and O–H groups in total. The summed E-state index contributed by atoms with van der Waals surface area (Å²) in [5, 5.41) is 2.59. The number of thioether (sulfide) groups is 1. The van der Waals surface area contributed by atoms with Crippen molar-refractivity contribution in [3.8, 4) is 0 Å². The summed E-state index contributed by atoms with van der Waals surface area (Å²) in [5.41, 5.74) is -1.23. The molecule has 0 spiro atoms. The SMILES string of the molecule is CSCC[C@H](C)NC(=O)c1ccccc1C(F)(F)F. The van der Waals surface area contributed by atoms with Crippen molar-refractivity contribution < 1.29 is 18.0 Å². The Bertz CT molecular complexity index is 434. The molecule has 1 amide bonds. The van der Waals surface area contributed by atoms with E-state index in [9.17, 15) is 18.0 Å². The number of nitrogens with one attached hydrogen (secondary N) is 1. The predicted octanol–water partition coefficient (Wildman–Crippen LogP) is 3.58. The lowest BCUT2D eigenvalue weighted by atomic mass is 10.1. The van der Waals surface area contributed by atoms with Gasteiger partial charge in [0.25, 0.3) is 5.91 Å². The smallest absolute Gasteiger partial charge is 0.350 e. The molecular formula is C13H16F3NOS. The second-order valence-corrected chi connectivity index (χ2v) is 5.18. The van der Waals surface area contributed by atoms with Crippen LogP contribution < -0.4 is 5.32 Å². The number of benzene rings is 1. The van der Waals surface area contributed by atoms with E-state index in [1.807, 2.05) is 6.26 Å². The Kier molecular flexibility index (Phi) is 5.72. The molecule has 0 radical (unpaired) electrons. The van der Waals surface area contributed by atoms with Gasteiger partial charge in [0.1, 0.15) is 0 Å². The Labute approximate surface area is 114 Å². The zero-order valence-electron chi connectivity index (χ0n) is 10.8. The first-order valence-electron chi connectivity index (χ1n) is 5.82. The average Bonchev–Trinajstić information content (AvgIpc) is 2.35. The van der Waals surface area contributed by atoms with Crippen LogP contribution in [-0.4, -0.2) is 24.0 Å². The lowest BCUT2D eigenvalue weighted by Gasteiger charge is -2.16. The Morgan fingerprint density at radius 2 is 2.00 bits per heavy atom. The van der Waals surface area contributed by atoms with E-state index >= 15 is 0 Å². The van der Waals surface area contributed by atoms with E-state index in [2.05, 4.69) is 5.32 Å². The molecule has 0 fully saturated rings. The average molecular weight is 291 g/mol. The molecule has 1 rings (SSSR count). The standard InChI is InChI=1S/C13H16F3NOS/c1-9(7-8-19-2)17-12(18)10-5-3-4-6-11(10)13(14,15)16/h3-6,9H,7-8H2,1-2H3,(H,17,18)/t9-/m0/s1. The van der Waals surface area contributed by atoms with Gasteiger partial charge in [-0.15, -0.1) is 0 Å². The molecule has 1 atom stereocenters. The molecule has 6 heteroatoms. The van der Waals surface area contributed by atoms with Crippen LogP contribution in [0.1, 0.15) is 29.3 Å². The first kappa shape index (κ1) is 15.9. The summed E-state index contributed by atoms with van der Waals surface area (Å²) in [4.78, 5) is 11.9. The predicted molar refractivity (Wildman–Crippen MR) is 71.4 cm³/mol. The van der Waals surface area contributed by atoms with Crippen molar-refractivity contribution in [2.75, 3.05) is 12.0 Å². The van der Waals surface area contributed by atoms with E-state index in [-0.39, 0.29) is 11.6 Å². The number of alkyl halides is 3. The van der Waals surface area contributed by atoms with Gasteiger partial charge in [-0.3, -0.25) is 4.79 Å². The van der Waals surface area contributed by atoms with Gasteiger partial charge in [-0.25, -0.2) is 0 Å². The monoisotopic (exact) mass is 291 g/mol. The Balaban J connectivity index is 2.83. The summed E-state index contributed by atoms with van der Waals surface area (Å²) < 4.78 is 38.3. The zero-order valence-corrected chi connectivity index (χ0v) is 11.6. The van der Waals surface area contributed by atoms with E-state index < -0.39 is 17.6 Å². The van der Waals surface area contributed by atoms with Gasteiger partial charge in [-0.1, -0.05) is 12.1 Å². The number of hydrogen-bond acceptors (Lipinski definition) is 2. The van der Waals surface area contributed by atoms with Crippen LogP contribution >= 0.6 is 11.8 Å². The van der Waals surface area contributed by atoms with Crippen LogP contribution in [0.25, 0.3) is 0 Å². The lowest BCUT2D eigenvalue weighted by Crippen LogP contribution is -2.34. The summed E-state index contributed by atoms with van der Waals surface area (Å²) in [6.07, 6.45) is -1.86. The minimum atomic E-state index is -4.52. The van der Waals surface area contributed by atoms with Gasteiger partial charge in [0.15, 0.2) is 0 Å². The van der Waals surface area contributed by atoms with Gasteiger partial charge in [0, 0.05) is 6.04 Å². The summed E-state index contributed by atoms with van der Waals surface area (Å²) >= 11 is 1.63. The highest BCUT2D eigenvalue weighted by Crippen LogP contribution is 2.31. The highest BCUT2D eigenvalue weighted by Gasteiger charge is 2.34. The first-order valence-corrected chi connectivity index (χ1v) is 7.21. The molecule has 1 aromatic rings. The molecule has 0 saturated carbocycles. The van der Waals surface area contributed by atoms with Crippen LogP contribution in [0.5, 0.6) is 0 Å². The van der Waals surface area contributed by atoms with E-state index in [0.717, 1.165) is 18.2 Å². The molecule has 0 unspecified atom stereocenters. The summed E-state index contributed by atoms with van der Waals surface area (Å²) in [7, 11) is 0. The molecule has 0 heterocycles. The van der Waals surface area contributed by atoms with Crippen LogP contribution in [0.2, 0.25) is 0 Å². The molecule has 0 aliphatic rings. The van der Waals surface area contributed by atoms with Crippen molar-refractivity contribution in [1.82, 2.24) is 5.32 Å². The third-order valence-corrected chi connectivity index (χ3v) is 3.25. The van der Waals surface area contributed by atoms with Gasteiger partial charge in [0.05, 0.1) is 11.1 Å². The number of halogens is 3. The quantitative estimate of drug-likeness (QED) is 0.898. The van der Waals surface area contributed by atoms with Gasteiger partial charge >= 0.3 is 6.18 Å². The summed E-state index contributed by atoms with van der Waals surface area (Å²) in [6.45, 7) is 1.78. The van der Waals surface area contributed by atoms with Crippen LogP contribution in [0, 0.1) is 0 Å². The van der Waals surface area contributed by atoms with Gasteiger partial charge < -0.3 is 5.32 Å². The third kappa shape index (κ3) is 4.78. The van der Waals surface area contributed by atoms with Crippen LogP contribution in [0.4, 0.5) is 13.2 Å². The summed E-state index contributed by atoms with van der Waals surface area (Å²) in [6, 6.07) is 4.66. The zero-order chi connectivity index (χ0) is 14.5. The molecule has 1 aromatic carbocycles. The summed E-state index contributed by atoms with van der Waals surface area (Å²) in [5.74, 6) is 0.170. The van der Waals surface area contributed by atoms with Crippen molar-refractivity contribution in [3.05, 3.63) is 35.4 Å². The van der Waals surface area contributed by atoms with Gasteiger partial charge in [-0.2, -0.15) is 24.9 Å². The van der Waals surface area contributed by atoms with Gasteiger partial charge in [0.2, 0.25) is 0 Å². The molecule has 0 saturated heterocycles. The first-order chi connectivity index (χ1) is 8.86. The van der Waals surface area contributed by atoms with Crippen molar-refractivity contribution >= 4 is 17.7 Å². The topological polar surface area (TPSA) is 29.1 Å². The van der Waals surface area contributed by atoms with Crippen LogP contribution in [0.15, 0.2) is 24.3 Å². The minimum Gasteiger partial charge on any atom is -0.350 e. The third-order valence-electron chi connectivity index (χ3n) is 2.61. The van der Waals surface area contributed by atoms with E-state index in [1.54, 1.807) is 18.7 Å². The normalized spacial score (nSPS) is 13.1. The Morgan fingerprint density at radius 3 is 2.58 bits per heavy atom. The van der Waals surface area contributed by atoms with Crippen molar-refractivity contribution in [2.24, 2.45) is 0 Å². The van der Waals surface area contributed by atoms with Crippen LogP contribution in [-0.2, 0) is 6.18 Å². The molecule has 106 valence electrons. The van der Waals surface area contributed by atoms with Crippen molar-refractivity contribution in [1.29, 1.82) is 0 Å². The molecule has 2 nitrogen and oxygen atoms in total. The maximum Gasteiger partial charge on any atom is 0.417 e. The maximum absolute atomic E-state index is 12.8. The molecule has 0 aliphatic carbocycles. The second kappa shape index (κ2) is 6.84. The van der Waals surface area contributed by atoms with Crippen molar-refractivity contribution in [3.63, 3.8) is 0 Å². The highest BCUT2D eigenvalue weighted by molar-refractivity contribution is 7.98. The van der Waals surface area contributed by atoms with E-state index in [1.165, 1.54) is 18.2 Å². The number of amides is 1. The fraction of sp³-hybridized carbons (Fsp3) is 0.462. The molecule has 0 bridgehead atoms. The van der Waals surface area contributed by atoms with Crippen molar-refractivity contribution in [2.45, 2.75) is 25.6 Å². The van der Waals surface area contributed by atoms with Gasteiger partial charge in [-0.05, 0) is 37.5 Å². The number of carbonyl (C=O) groups excluding carboxylic acids is 1. The number of hydrogen-bond donors (Lipinski definition) is 1. The highest BCUT2D eigenvalue weighted by atomic mass is 32.2. The minimum absolute atomic E-state index is 0.152. The molecule has 0 aliphatic heterocycles. The fourth-order valence-corrected chi connectivity index (χ4v) is 2.19. The molecular weight excluding hydrogens is 275 g/mol. The largest absolute Gasteiger partial charge is 0.417 e. The Hall–Kier alpha value is -1.17. The van der Waals surface area contributed by atoms with E-state index in [0.29, 0.717) is 0 Å². The number of rotatable bonds is 5. The fourth-order valence-electron chi connectivity index (χ4n) is 1.60. The molecule has 0 aromatic heterocycles. The maximum atomic E-state index is 12.8. The lowest BCUT2D eigenvalue weighted by molar-refractivity contribution is -0.137.